The summed E-state index contributed by atoms with van der Waals surface area (Å²) in [5.41, 5.74) is 0. The number of hydrogen-bond donors (Lipinski definition) is 0. The fraction of sp³-hybridized carbons (Fsp3) is 0.692. The summed E-state index contributed by atoms with van der Waals surface area (Å²) in [6.45, 7) is 3.84. The van der Waals surface area contributed by atoms with Crippen molar-refractivity contribution in [1.29, 1.82) is 0 Å². The minimum atomic E-state index is -3.26. The smallest absolute Gasteiger partial charge is 0.252 e. The van der Waals surface area contributed by atoms with Gasteiger partial charge in [0, 0.05) is 19.1 Å². The summed E-state index contributed by atoms with van der Waals surface area (Å²) >= 11 is 1.32. The van der Waals surface area contributed by atoms with E-state index in [1.54, 1.807) is 10.4 Å². The molecule has 0 saturated carbocycles. The molecule has 0 spiro atoms. The van der Waals surface area contributed by atoms with E-state index < -0.39 is 10.0 Å². The van der Waals surface area contributed by atoms with Gasteiger partial charge in [-0.3, -0.25) is 0 Å². The van der Waals surface area contributed by atoms with Gasteiger partial charge in [0.15, 0.2) is 0 Å². The maximum atomic E-state index is 12.6. The predicted molar refractivity (Wildman–Crippen MR) is 76.9 cm³/mol. The molecule has 3 heterocycles. The molecule has 0 aromatic carbocycles. The van der Waals surface area contributed by atoms with Crippen LogP contribution >= 0.6 is 11.3 Å². The van der Waals surface area contributed by atoms with Gasteiger partial charge in [-0.15, -0.1) is 11.3 Å². The van der Waals surface area contributed by atoms with Crippen molar-refractivity contribution < 1.29 is 8.42 Å². The summed E-state index contributed by atoms with van der Waals surface area (Å²) in [6.07, 6.45) is 4.50. The average Bonchev–Trinajstić information content (AvgIpc) is 3.12. The number of thiophene rings is 1. The number of hydrogen-bond acceptors (Lipinski definition) is 4. The molecule has 2 fully saturated rings. The topological polar surface area (TPSA) is 40.6 Å². The van der Waals surface area contributed by atoms with E-state index in [4.69, 9.17) is 0 Å². The van der Waals surface area contributed by atoms with Crippen LogP contribution in [-0.4, -0.2) is 49.8 Å². The largest absolute Gasteiger partial charge is 0.302 e. The lowest BCUT2D eigenvalue weighted by Gasteiger charge is -2.27. The Morgan fingerprint density at radius 2 is 2.00 bits per heavy atom. The second-order valence-electron chi connectivity index (χ2n) is 5.35. The first-order chi connectivity index (χ1) is 9.18. The molecule has 2 saturated heterocycles. The molecule has 0 bridgehead atoms. The molecule has 0 N–H and O–H groups in total. The van der Waals surface area contributed by atoms with E-state index in [-0.39, 0.29) is 6.04 Å². The molecule has 4 nitrogen and oxygen atoms in total. The van der Waals surface area contributed by atoms with Crippen LogP contribution < -0.4 is 0 Å². The Hall–Kier alpha value is -0.430. The molecule has 19 heavy (non-hydrogen) atoms. The molecule has 0 aliphatic carbocycles. The van der Waals surface area contributed by atoms with Crippen LogP contribution in [0.3, 0.4) is 0 Å². The summed E-state index contributed by atoms with van der Waals surface area (Å²) in [7, 11) is -3.26. The van der Waals surface area contributed by atoms with Gasteiger partial charge in [0.25, 0.3) is 10.0 Å². The number of sulfonamides is 1. The van der Waals surface area contributed by atoms with Gasteiger partial charge in [0.1, 0.15) is 4.21 Å². The van der Waals surface area contributed by atoms with Crippen molar-refractivity contribution in [3.63, 3.8) is 0 Å². The molecule has 2 aliphatic rings. The van der Waals surface area contributed by atoms with E-state index in [0.717, 1.165) is 32.5 Å². The van der Waals surface area contributed by atoms with Crippen LogP contribution in [0.15, 0.2) is 21.7 Å². The molecule has 0 unspecified atom stereocenters. The second-order valence-corrected chi connectivity index (χ2v) is 8.42. The third kappa shape index (κ3) is 2.72. The molecule has 106 valence electrons. The molecule has 6 heteroatoms. The van der Waals surface area contributed by atoms with E-state index in [9.17, 15) is 8.42 Å². The van der Waals surface area contributed by atoms with Crippen molar-refractivity contribution in [3.05, 3.63) is 17.5 Å². The average molecular weight is 300 g/mol. The van der Waals surface area contributed by atoms with Gasteiger partial charge in [-0.2, -0.15) is 4.31 Å². The molecule has 1 atom stereocenters. The second kappa shape index (κ2) is 5.52. The van der Waals surface area contributed by atoms with Crippen LogP contribution in [0.4, 0.5) is 0 Å². The molecule has 3 rings (SSSR count). The molecule has 0 amide bonds. The zero-order chi connectivity index (χ0) is 13.3. The first-order valence-electron chi connectivity index (χ1n) is 6.95. The minimum absolute atomic E-state index is 0.171. The lowest BCUT2D eigenvalue weighted by molar-refractivity contribution is 0.257. The Morgan fingerprint density at radius 3 is 2.68 bits per heavy atom. The summed E-state index contributed by atoms with van der Waals surface area (Å²) in [4.78, 5) is 2.41. The van der Waals surface area contributed by atoms with Crippen LogP contribution in [0.2, 0.25) is 0 Å². The SMILES string of the molecule is O=S(=O)(c1cccs1)N1CCC[C@@H]1CN1CCCC1. The summed E-state index contributed by atoms with van der Waals surface area (Å²) in [5, 5.41) is 1.83. The molecule has 1 aromatic heterocycles. The van der Waals surface area contributed by atoms with Crippen molar-refractivity contribution in [3.8, 4) is 0 Å². The fourth-order valence-corrected chi connectivity index (χ4v) is 5.90. The Bertz CT molecular complexity index is 507. The van der Waals surface area contributed by atoms with Gasteiger partial charge < -0.3 is 4.90 Å². The zero-order valence-electron chi connectivity index (χ0n) is 11.0. The van der Waals surface area contributed by atoms with Crippen LogP contribution in [0, 0.1) is 0 Å². The van der Waals surface area contributed by atoms with Gasteiger partial charge in [0.2, 0.25) is 0 Å². The fourth-order valence-electron chi connectivity index (χ4n) is 3.10. The van der Waals surface area contributed by atoms with Crippen molar-refractivity contribution in [2.75, 3.05) is 26.2 Å². The van der Waals surface area contributed by atoms with Gasteiger partial charge in [-0.1, -0.05) is 6.07 Å². The van der Waals surface area contributed by atoms with Gasteiger partial charge in [-0.25, -0.2) is 8.42 Å². The van der Waals surface area contributed by atoms with Gasteiger partial charge >= 0.3 is 0 Å². The van der Waals surface area contributed by atoms with E-state index in [0.29, 0.717) is 10.8 Å². The number of likely N-dealkylation sites (tertiary alicyclic amines) is 1. The lowest BCUT2D eigenvalue weighted by Crippen LogP contribution is -2.42. The first kappa shape index (κ1) is 13.5. The van der Waals surface area contributed by atoms with Crippen LogP contribution in [0.5, 0.6) is 0 Å². The quantitative estimate of drug-likeness (QED) is 0.854. The lowest BCUT2D eigenvalue weighted by atomic mass is 10.2. The highest BCUT2D eigenvalue weighted by Gasteiger charge is 2.36. The van der Waals surface area contributed by atoms with Crippen LogP contribution in [0.1, 0.15) is 25.7 Å². The monoisotopic (exact) mass is 300 g/mol. The molecule has 1 aromatic rings. The van der Waals surface area contributed by atoms with Gasteiger partial charge in [-0.05, 0) is 50.2 Å². The zero-order valence-corrected chi connectivity index (χ0v) is 12.6. The Balaban J connectivity index is 1.75. The summed E-state index contributed by atoms with van der Waals surface area (Å²) < 4.78 is 27.4. The van der Waals surface area contributed by atoms with E-state index in [1.807, 2.05) is 11.4 Å². The summed E-state index contributed by atoms with van der Waals surface area (Å²) in [5.74, 6) is 0. The molecule has 2 aliphatic heterocycles. The van der Waals surface area contributed by atoms with Gasteiger partial charge in [0.05, 0.1) is 0 Å². The highest BCUT2D eigenvalue weighted by Crippen LogP contribution is 2.29. The first-order valence-corrected chi connectivity index (χ1v) is 9.27. The highest BCUT2D eigenvalue weighted by atomic mass is 32.2. The number of rotatable bonds is 4. The number of nitrogens with zero attached hydrogens (tertiary/aromatic N) is 2. The van der Waals surface area contributed by atoms with Crippen molar-refractivity contribution in [2.24, 2.45) is 0 Å². The third-order valence-electron chi connectivity index (χ3n) is 4.05. The third-order valence-corrected chi connectivity index (χ3v) is 7.37. The molecular formula is C13H20N2O2S2. The van der Waals surface area contributed by atoms with Crippen molar-refractivity contribution in [2.45, 2.75) is 35.9 Å². The Kier molecular flexibility index (Phi) is 3.93. The Morgan fingerprint density at radius 1 is 1.21 bits per heavy atom. The predicted octanol–water partition coefficient (Wildman–Crippen LogP) is 2.00. The minimum Gasteiger partial charge on any atom is -0.302 e. The maximum absolute atomic E-state index is 12.6. The Labute approximate surface area is 119 Å². The van der Waals surface area contributed by atoms with E-state index >= 15 is 0 Å². The van der Waals surface area contributed by atoms with Crippen molar-refractivity contribution in [1.82, 2.24) is 9.21 Å². The highest BCUT2D eigenvalue weighted by molar-refractivity contribution is 7.91. The van der Waals surface area contributed by atoms with Crippen molar-refractivity contribution >= 4 is 21.4 Å². The standard InChI is InChI=1S/C13H20N2O2S2/c16-19(17,13-6-4-10-18-13)15-9-3-5-12(15)11-14-7-1-2-8-14/h4,6,10,12H,1-3,5,7-9,11H2/t12-/m1/s1. The van der Waals surface area contributed by atoms with Crippen LogP contribution in [0.25, 0.3) is 0 Å². The van der Waals surface area contributed by atoms with E-state index in [2.05, 4.69) is 4.90 Å². The van der Waals surface area contributed by atoms with E-state index in [1.165, 1.54) is 24.2 Å². The normalized spacial score (nSPS) is 26.2. The maximum Gasteiger partial charge on any atom is 0.252 e. The summed E-state index contributed by atoms with van der Waals surface area (Å²) in [6, 6.07) is 3.69. The van der Waals surface area contributed by atoms with Crippen LogP contribution in [-0.2, 0) is 10.0 Å². The molecule has 0 radical (unpaired) electrons. The molecular weight excluding hydrogens is 280 g/mol.